The molecule has 2 heterocycles. The van der Waals surface area contributed by atoms with Gasteiger partial charge in [-0.25, -0.2) is 4.98 Å². The van der Waals surface area contributed by atoms with Gasteiger partial charge in [0, 0.05) is 25.8 Å². The number of nitrogens with one attached hydrogen (secondary N) is 2. The summed E-state index contributed by atoms with van der Waals surface area (Å²) < 4.78 is 0. The first-order chi connectivity index (χ1) is 8.69. The van der Waals surface area contributed by atoms with E-state index in [1.54, 1.807) is 19.3 Å². The fraction of sp³-hybridized carbons (Fsp3) is 0.538. The van der Waals surface area contributed by atoms with Crippen molar-refractivity contribution < 1.29 is 4.79 Å². The molecule has 0 saturated carbocycles. The van der Waals surface area contributed by atoms with Gasteiger partial charge in [0.2, 0.25) is 0 Å². The van der Waals surface area contributed by atoms with Crippen LogP contribution < -0.4 is 10.6 Å². The Morgan fingerprint density at radius 2 is 2.33 bits per heavy atom. The molecule has 1 aromatic rings. The van der Waals surface area contributed by atoms with Gasteiger partial charge in [0.25, 0.3) is 5.91 Å². The first kappa shape index (κ1) is 12.8. The minimum absolute atomic E-state index is 0.0366. The van der Waals surface area contributed by atoms with Gasteiger partial charge >= 0.3 is 0 Å². The van der Waals surface area contributed by atoms with Crippen LogP contribution in [-0.4, -0.2) is 49.0 Å². The van der Waals surface area contributed by atoms with Crippen molar-refractivity contribution in [2.75, 3.05) is 32.5 Å². The van der Waals surface area contributed by atoms with Crippen molar-refractivity contribution in [2.24, 2.45) is 0 Å². The van der Waals surface area contributed by atoms with E-state index < -0.39 is 0 Å². The predicted molar refractivity (Wildman–Crippen MR) is 71.8 cm³/mol. The van der Waals surface area contributed by atoms with Crippen molar-refractivity contribution in [3.8, 4) is 0 Å². The van der Waals surface area contributed by atoms with Gasteiger partial charge in [0.1, 0.15) is 5.82 Å². The van der Waals surface area contributed by atoms with Crippen molar-refractivity contribution >= 4 is 11.7 Å². The summed E-state index contributed by atoms with van der Waals surface area (Å²) in [4.78, 5) is 18.4. The van der Waals surface area contributed by atoms with E-state index in [1.807, 2.05) is 6.07 Å². The Bertz CT molecular complexity index is 404. The van der Waals surface area contributed by atoms with Gasteiger partial charge in [-0.05, 0) is 38.6 Å². The van der Waals surface area contributed by atoms with Crippen LogP contribution >= 0.6 is 0 Å². The zero-order valence-corrected chi connectivity index (χ0v) is 10.9. The Kier molecular flexibility index (Phi) is 4.15. The van der Waals surface area contributed by atoms with Crippen LogP contribution in [0.2, 0.25) is 0 Å². The summed E-state index contributed by atoms with van der Waals surface area (Å²) >= 11 is 0. The topological polar surface area (TPSA) is 57.3 Å². The minimum Gasteiger partial charge on any atom is -0.373 e. The van der Waals surface area contributed by atoms with Crippen LogP contribution in [0.25, 0.3) is 0 Å². The average Bonchev–Trinajstić information content (AvgIpc) is 2.39. The summed E-state index contributed by atoms with van der Waals surface area (Å²) in [5.41, 5.74) is 0.613. The standard InChI is InChI=1S/C13H20N4O/c1-14-12-6-5-10(8-15-12)13(18)16-11-4-3-7-17(2)9-11/h5-6,8,11H,3-4,7,9H2,1-2H3,(H,14,15)(H,16,18). The number of amides is 1. The molecule has 1 atom stereocenters. The zero-order chi connectivity index (χ0) is 13.0. The highest BCUT2D eigenvalue weighted by molar-refractivity contribution is 5.94. The molecule has 1 aromatic heterocycles. The fourth-order valence-corrected chi connectivity index (χ4v) is 2.23. The number of piperidine rings is 1. The first-order valence-corrected chi connectivity index (χ1v) is 6.32. The normalized spacial score (nSPS) is 20.4. The van der Waals surface area contributed by atoms with Gasteiger partial charge in [-0.15, -0.1) is 0 Å². The van der Waals surface area contributed by atoms with Crippen LogP contribution in [0.1, 0.15) is 23.2 Å². The molecule has 1 saturated heterocycles. The second-order valence-electron chi connectivity index (χ2n) is 4.76. The third-order valence-electron chi connectivity index (χ3n) is 3.24. The molecule has 0 radical (unpaired) electrons. The summed E-state index contributed by atoms with van der Waals surface area (Å²) in [7, 11) is 3.89. The summed E-state index contributed by atoms with van der Waals surface area (Å²) in [6.07, 6.45) is 3.80. The van der Waals surface area contributed by atoms with Crippen LogP contribution in [-0.2, 0) is 0 Å². The third-order valence-corrected chi connectivity index (χ3v) is 3.24. The second-order valence-corrected chi connectivity index (χ2v) is 4.76. The molecule has 5 heteroatoms. The highest BCUT2D eigenvalue weighted by Crippen LogP contribution is 2.09. The van der Waals surface area contributed by atoms with E-state index in [-0.39, 0.29) is 11.9 Å². The van der Waals surface area contributed by atoms with E-state index in [0.29, 0.717) is 5.56 Å². The number of likely N-dealkylation sites (N-methyl/N-ethyl adjacent to an activating group) is 1. The molecule has 5 nitrogen and oxygen atoms in total. The number of aromatic nitrogens is 1. The van der Waals surface area contributed by atoms with Gasteiger partial charge < -0.3 is 15.5 Å². The Labute approximate surface area is 108 Å². The monoisotopic (exact) mass is 248 g/mol. The SMILES string of the molecule is CNc1ccc(C(=O)NC2CCCN(C)C2)cn1. The van der Waals surface area contributed by atoms with Gasteiger partial charge in [-0.3, -0.25) is 4.79 Å². The van der Waals surface area contributed by atoms with Crippen molar-refractivity contribution in [1.29, 1.82) is 0 Å². The minimum atomic E-state index is -0.0366. The number of carbonyl (C=O) groups is 1. The lowest BCUT2D eigenvalue weighted by atomic mass is 10.1. The molecule has 98 valence electrons. The Balaban J connectivity index is 1.94. The lowest BCUT2D eigenvalue weighted by Gasteiger charge is -2.30. The predicted octanol–water partition coefficient (Wildman–Crippen LogP) is 0.947. The van der Waals surface area contributed by atoms with Gasteiger partial charge in [-0.1, -0.05) is 0 Å². The maximum atomic E-state index is 12.0. The van der Waals surface area contributed by atoms with Crippen molar-refractivity contribution in [3.05, 3.63) is 23.9 Å². The van der Waals surface area contributed by atoms with E-state index in [4.69, 9.17) is 0 Å². The van der Waals surface area contributed by atoms with Crippen LogP contribution in [0.5, 0.6) is 0 Å². The van der Waals surface area contributed by atoms with Crippen molar-refractivity contribution in [1.82, 2.24) is 15.2 Å². The zero-order valence-electron chi connectivity index (χ0n) is 10.9. The van der Waals surface area contributed by atoms with E-state index in [0.717, 1.165) is 31.7 Å². The number of anilines is 1. The molecule has 1 amide bonds. The molecule has 0 spiro atoms. The molecule has 1 fully saturated rings. The number of hydrogen-bond acceptors (Lipinski definition) is 4. The Hall–Kier alpha value is -1.62. The number of nitrogens with zero attached hydrogens (tertiary/aromatic N) is 2. The summed E-state index contributed by atoms with van der Waals surface area (Å²) in [5.74, 6) is 0.731. The fourth-order valence-electron chi connectivity index (χ4n) is 2.23. The Morgan fingerprint density at radius 1 is 1.50 bits per heavy atom. The largest absolute Gasteiger partial charge is 0.373 e. The van der Waals surface area contributed by atoms with E-state index in [2.05, 4.69) is 27.6 Å². The summed E-state index contributed by atoms with van der Waals surface area (Å²) in [5, 5.41) is 5.99. The smallest absolute Gasteiger partial charge is 0.253 e. The number of likely N-dealkylation sites (tertiary alicyclic amines) is 1. The number of carbonyl (C=O) groups excluding carboxylic acids is 1. The summed E-state index contributed by atoms with van der Waals surface area (Å²) in [6, 6.07) is 3.85. The van der Waals surface area contributed by atoms with Crippen LogP contribution in [0.15, 0.2) is 18.3 Å². The Morgan fingerprint density at radius 3 is 2.94 bits per heavy atom. The molecule has 1 aliphatic rings. The van der Waals surface area contributed by atoms with Gasteiger partial charge in [0.05, 0.1) is 5.56 Å². The molecule has 0 bridgehead atoms. The number of hydrogen-bond donors (Lipinski definition) is 2. The lowest BCUT2D eigenvalue weighted by Crippen LogP contribution is -2.46. The van der Waals surface area contributed by atoms with Crippen LogP contribution in [0.3, 0.4) is 0 Å². The van der Waals surface area contributed by atoms with Crippen molar-refractivity contribution in [3.63, 3.8) is 0 Å². The molecule has 18 heavy (non-hydrogen) atoms. The van der Waals surface area contributed by atoms with Crippen molar-refractivity contribution in [2.45, 2.75) is 18.9 Å². The lowest BCUT2D eigenvalue weighted by molar-refractivity contribution is 0.0912. The number of pyridine rings is 1. The first-order valence-electron chi connectivity index (χ1n) is 6.32. The maximum absolute atomic E-state index is 12.0. The van der Waals surface area contributed by atoms with E-state index >= 15 is 0 Å². The average molecular weight is 248 g/mol. The van der Waals surface area contributed by atoms with Crippen LogP contribution in [0, 0.1) is 0 Å². The third kappa shape index (κ3) is 3.20. The molecule has 2 N–H and O–H groups in total. The van der Waals surface area contributed by atoms with Gasteiger partial charge in [0.15, 0.2) is 0 Å². The number of rotatable bonds is 3. The quantitative estimate of drug-likeness (QED) is 0.836. The molecule has 0 aliphatic carbocycles. The maximum Gasteiger partial charge on any atom is 0.253 e. The summed E-state index contributed by atoms with van der Waals surface area (Å²) in [6.45, 7) is 2.04. The highest BCUT2D eigenvalue weighted by atomic mass is 16.1. The second kappa shape index (κ2) is 5.82. The molecule has 1 aliphatic heterocycles. The molecule has 0 aromatic carbocycles. The molecule has 2 rings (SSSR count). The molecular formula is C13H20N4O. The highest BCUT2D eigenvalue weighted by Gasteiger charge is 2.19. The van der Waals surface area contributed by atoms with E-state index in [1.165, 1.54) is 0 Å². The van der Waals surface area contributed by atoms with E-state index in [9.17, 15) is 4.79 Å². The molecular weight excluding hydrogens is 228 g/mol. The van der Waals surface area contributed by atoms with Crippen LogP contribution in [0.4, 0.5) is 5.82 Å². The van der Waals surface area contributed by atoms with Gasteiger partial charge in [-0.2, -0.15) is 0 Å². The molecule has 1 unspecified atom stereocenters.